The first-order valence-corrected chi connectivity index (χ1v) is 13.0. The van der Waals surface area contributed by atoms with Gasteiger partial charge in [0.25, 0.3) is 0 Å². The van der Waals surface area contributed by atoms with E-state index in [0.717, 1.165) is 24.4 Å². The predicted octanol–water partition coefficient (Wildman–Crippen LogP) is 4.72. The van der Waals surface area contributed by atoms with Crippen LogP contribution in [0.5, 0.6) is 0 Å². The van der Waals surface area contributed by atoms with E-state index >= 15 is 0 Å². The van der Waals surface area contributed by atoms with Crippen LogP contribution < -0.4 is 0 Å². The van der Waals surface area contributed by atoms with Gasteiger partial charge < -0.3 is 8.85 Å². The summed E-state index contributed by atoms with van der Waals surface area (Å²) in [6.45, 7) is 17.6. The van der Waals surface area contributed by atoms with Crippen LogP contribution in [-0.2, 0) is 8.85 Å². The maximum absolute atomic E-state index is 6.10. The lowest BCUT2D eigenvalue weighted by molar-refractivity contribution is 0.321. The number of hydrogen-bond acceptors (Lipinski definition) is 2. The molecule has 0 spiro atoms. The van der Waals surface area contributed by atoms with Crippen LogP contribution in [0.2, 0.25) is 39.3 Å². The maximum Gasteiger partial charge on any atom is 0.241 e. The first-order valence-electron chi connectivity index (χ1n) is 6.19. The molecule has 0 unspecified atom stereocenters. The summed E-state index contributed by atoms with van der Waals surface area (Å²) in [6, 6.07) is 0. The van der Waals surface area contributed by atoms with Gasteiger partial charge in [0, 0.05) is 12.8 Å². The van der Waals surface area contributed by atoms with Crippen LogP contribution in [0, 0.1) is 0 Å². The minimum atomic E-state index is -1.52. The van der Waals surface area contributed by atoms with Gasteiger partial charge in [0.1, 0.15) is 11.5 Å². The molecule has 0 aromatic rings. The summed E-state index contributed by atoms with van der Waals surface area (Å²) in [5, 5.41) is 0. The highest BCUT2D eigenvalue weighted by atomic mass is 28.4. The second-order valence-electron chi connectivity index (χ2n) is 5.98. The first kappa shape index (κ1) is 15.8. The molecule has 0 aliphatic rings. The molecule has 0 N–H and O–H groups in total. The minimum Gasteiger partial charge on any atom is -0.545 e. The summed E-state index contributed by atoms with van der Waals surface area (Å²) in [5.41, 5.74) is 0. The van der Waals surface area contributed by atoms with Crippen molar-refractivity contribution < 1.29 is 8.85 Å². The van der Waals surface area contributed by atoms with E-state index in [-0.39, 0.29) is 0 Å². The fourth-order valence-corrected chi connectivity index (χ4v) is 3.39. The average Bonchev–Trinajstić information content (AvgIpc) is 2.07. The minimum absolute atomic E-state index is 0.928. The van der Waals surface area contributed by atoms with E-state index in [1.165, 1.54) is 0 Å². The van der Waals surface area contributed by atoms with E-state index in [9.17, 15) is 0 Å². The molecular weight excluding hydrogens is 232 g/mol. The third kappa shape index (κ3) is 7.11. The summed E-state index contributed by atoms with van der Waals surface area (Å²) in [6.07, 6.45) is 1.86. The Bertz CT molecular complexity index is 221. The molecule has 0 radical (unpaired) electrons. The number of allylic oxidation sites excluding steroid dienone is 2. The van der Waals surface area contributed by atoms with Crippen molar-refractivity contribution in [2.24, 2.45) is 0 Å². The summed E-state index contributed by atoms with van der Waals surface area (Å²) in [5.74, 6) is 2.15. The Morgan fingerprint density at radius 2 is 0.938 bits per heavy atom. The van der Waals surface area contributed by atoms with Crippen LogP contribution in [0.15, 0.2) is 11.5 Å². The Morgan fingerprint density at radius 1 is 0.688 bits per heavy atom. The summed E-state index contributed by atoms with van der Waals surface area (Å²) in [4.78, 5) is 0. The Labute approximate surface area is 103 Å². The van der Waals surface area contributed by atoms with Gasteiger partial charge in [0.05, 0.1) is 0 Å². The van der Waals surface area contributed by atoms with Gasteiger partial charge in [-0.25, -0.2) is 0 Å². The van der Waals surface area contributed by atoms with Crippen molar-refractivity contribution in [1.82, 2.24) is 0 Å². The van der Waals surface area contributed by atoms with Crippen LogP contribution in [0.1, 0.15) is 26.7 Å². The molecule has 0 heterocycles. The van der Waals surface area contributed by atoms with Crippen molar-refractivity contribution in [2.75, 3.05) is 0 Å². The van der Waals surface area contributed by atoms with Crippen molar-refractivity contribution in [1.29, 1.82) is 0 Å². The zero-order chi connectivity index (χ0) is 13.0. The second-order valence-corrected chi connectivity index (χ2v) is 14.8. The molecule has 0 aliphatic carbocycles. The smallest absolute Gasteiger partial charge is 0.241 e. The van der Waals surface area contributed by atoms with E-state index in [1.54, 1.807) is 0 Å². The highest BCUT2D eigenvalue weighted by molar-refractivity contribution is 6.70. The maximum atomic E-state index is 6.10. The van der Waals surface area contributed by atoms with Crippen molar-refractivity contribution in [3.05, 3.63) is 11.5 Å². The van der Waals surface area contributed by atoms with Crippen molar-refractivity contribution in [3.8, 4) is 0 Å². The predicted molar refractivity (Wildman–Crippen MR) is 76.5 cm³/mol. The molecule has 4 heteroatoms. The van der Waals surface area contributed by atoms with Crippen molar-refractivity contribution >= 4 is 16.6 Å². The van der Waals surface area contributed by atoms with Crippen LogP contribution >= 0.6 is 0 Å². The van der Waals surface area contributed by atoms with Gasteiger partial charge >= 0.3 is 0 Å². The first-order chi connectivity index (χ1) is 7.09. The van der Waals surface area contributed by atoms with Crippen LogP contribution in [0.4, 0.5) is 0 Å². The fraction of sp³-hybridized carbons (Fsp3) is 0.833. The zero-order valence-electron chi connectivity index (χ0n) is 12.2. The topological polar surface area (TPSA) is 18.5 Å². The second kappa shape index (κ2) is 5.91. The van der Waals surface area contributed by atoms with Gasteiger partial charge in [-0.3, -0.25) is 0 Å². The molecule has 0 saturated carbocycles. The van der Waals surface area contributed by atoms with Gasteiger partial charge in [-0.05, 0) is 39.3 Å². The van der Waals surface area contributed by atoms with E-state index in [2.05, 4.69) is 53.1 Å². The van der Waals surface area contributed by atoms with Gasteiger partial charge in [-0.1, -0.05) is 13.8 Å². The quantitative estimate of drug-likeness (QED) is 0.508. The fourth-order valence-electron chi connectivity index (χ4n) is 1.39. The molecule has 0 aromatic heterocycles. The third-order valence-electron chi connectivity index (χ3n) is 1.81. The molecule has 0 aromatic carbocycles. The SMILES string of the molecule is CCC(O[Si](C)(C)C)=C(CC)O[Si](C)(C)C. The summed E-state index contributed by atoms with van der Waals surface area (Å²) < 4.78 is 12.2. The highest BCUT2D eigenvalue weighted by Crippen LogP contribution is 2.23. The molecule has 2 nitrogen and oxygen atoms in total. The molecule has 0 amide bonds. The molecular formula is C12H28O2Si2. The molecule has 0 rings (SSSR count). The van der Waals surface area contributed by atoms with E-state index < -0.39 is 16.6 Å². The van der Waals surface area contributed by atoms with E-state index in [1.807, 2.05) is 0 Å². The average molecular weight is 261 g/mol. The van der Waals surface area contributed by atoms with Gasteiger partial charge in [-0.2, -0.15) is 0 Å². The van der Waals surface area contributed by atoms with Crippen LogP contribution in [0.3, 0.4) is 0 Å². The largest absolute Gasteiger partial charge is 0.545 e. The molecule has 0 saturated heterocycles. The lowest BCUT2D eigenvalue weighted by Crippen LogP contribution is -2.29. The molecule has 16 heavy (non-hydrogen) atoms. The monoisotopic (exact) mass is 260 g/mol. The lowest BCUT2D eigenvalue weighted by Gasteiger charge is -2.27. The van der Waals surface area contributed by atoms with Crippen LogP contribution in [0.25, 0.3) is 0 Å². The summed E-state index contributed by atoms with van der Waals surface area (Å²) in [7, 11) is -3.04. The molecule has 0 bridgehead atoms. The van der Waals surface area contributed by atoms with Crippen molar-refractivity contribution in [2.45, 2.75) is 66.0 Å². The van der Waals surface area contributed by atoms with Gasteiger partial charge in [0.15, 0.2) is 0 Å². The lowest BCUT2D eigenvalue weighted by atomic mass is 10.3. The summed E-state index contributed by atoms with van der Waals surface area (Å²) >= 11 is 0. The van der Waals surface area contributed by atoms with E-state index in [0.29, 0.717) is 0 Å². The Kier molecular flexibility index (Phi) is 5.83. The Balaban J connectivity index is 4.92. The van der Waals surface area contributed by atoms with Crippen LogP contribution in [-0.4, -0.2) is 16.6 Å². The molecule has 96 valence electrons. The number of rotatable bonds is 6. The normalized spacial score (nSPS) is 14.5. The molecule has 0 aliphatic heterocycles. The molecule has 0 atom stereocenters. The molecule has 0 fully saturated rings. The van der Waals surface area contributed by atoms with E-state index in [4.69, 9.17) is 8.85 Å². The van der Waals surface area contributed by atoms with Crippen molar-refractivity contribution in [3.63, 3.8) is 0 Å². The van der Waals surface area contributed by atoms with Gasteiger partial charge in [-0.15, -0.1) is 0 Å². The number of hydrogen-bond donors (Lipinski definition) is 0. The highest BCUT2D eigenvalue weighted by Gasteiger charge is 2.23. The zero-order valence-corrected chi connectivity index (χ0v) is 14.2. The Hall–Kier alpha value is -0.226. The third-order valence-corrected chi connectivity index (χ3v) is 3.53. The van der Waals surface area contributed by atoms with Gasteiger partial charge in [0.2, 0.25) is 16.6 Å². The standard InChI is InChI=1S/C12H28O2Si2/c1-9-11(13-15(3,4)5)12(10-2)14-16(6,7)8/h9-10H2,1-8H3. The Morgan fingerprint density at radius 3 is 1.06 bits per heavy atom.